The summed E-state index contributed by atoms with van der Waals surface area (Å²) in [6.45, 7) is 0. The average molecular weight is 1060 g/mol. The van der Waals surface area contributed by atoms with E-state index in [0.717, 1.165) is 16.7 Å². The molecule has 0 amide bonds. The first kappa shape index (κ1) is 47.2. The van der Waals surface area contributed by atoms with E-state index in [1.165, 1.54) is 118 Å². The number of nitrogens with zero attached hydrogens (tertiary/aromatic N) is 2. The molecular weight excluding hydrogens is 1020 g/mol. The third-order valence-electron chi connectivity index (χ3n) is 15.5. The van der Waals surface area contributed by atoms with E-state index >= 15 is 0 Å². The lowest BCUT2D eigenvalue weighted by Crippen LogP contribution is -2.29. The van der Waals surface area contributed by atoms with Crippen molar-refractivity contribution in [3.8, 4) is 22.5 Å². The fourth-order valence-electron chi connectivity index (χ4n) is 11.9. The molecular formula is C72H48BBrN2O2. The summed E-state index contributed by atoms with van der Waals surface area (Å²) in [6.07, 6.45) is 0. The van der Waals surface area contributed by atoms with Gasteiger partial charge in [0.15, 0.2) is 0 Å². The van der Waals surface area contributed by atoms with Crippen LogP contribution in [0.1, 0.15) is 0 Å². The van der Waals surface area contributed by atoms with Gasteiger partial charge in [-0.05, 0) is 158 Å². The Morgan fingerprint density at radius 1 is 0.269 bits per heavy atom. The van der Waals surface area contributed by atoms with E-state index in [2.05, 4.69) is 256 Å². The zero-order valence-corrected chi connectivity index (χ0v) is 43.9. The number of benzene rings is 14. The minimum atomic E-state index is -1.44. The summed E-state index contributed by atoms with van der Waals surface area (Å²) in [4.78, 5) is 0. The second kappa shape index (κ2) is 19.7. The van der Waals surface area contributed by atoms with Gasteiger partial charge < -0.3 is 19.2 Å². The van der Waals surface area contributed by atoms with Gasteiger partial charge in [0.1, 0.15) is 0 Å². The summed E-state index contributed by atoms with van der Waals surface area (Å²) in [6, 6.07) is 98.4. The van der Waals surface area contributed by atoms with Crippen LogP contribution in [-0.2, 0) is 0 Å². The fourth-order valence-corrected chi connectivity index (χ4v) is 12.6. The molecule has 368 valence electrons. The lowest BCUT2D eigenvalue weighted by molar-refractivity contribution is 0.426. The van der Waals surface area contributed by atoms with Crippen LogP contribution >= 0.6 is 15.9 Å². The number of aromatic nitrogens is 2. The van der Waals surface area contributed by atoms with Gasteiger partial charge >= 0.3 is 7.12 Å². The number of fused-ring (bicyclic) bond motifs is 14. The van der Waals surface area contributed by atoms with Gasteiger partial charge in [-0.3, -0.25) is 0 Å². The fraction of sp³-hybridized carbons (Fsp3) is 0. The molecule has 0 aliphatic rings. The Bertz CT molecular complexity index is 4860. The van der Waals surface area contributed by atoms with Gasteiger partial charge in [0.25, 0.3) is 0 Å². The lowest BCUT2D eigenvalue weighted by Gasteiger charge is -2.15. The van der Waals surface area contributed by atoms with Crippen LogP contribution < -0.4 is 5.46 Å². The third kappa shape index (κ3) is 8.09. The third-order valence-corrected chi connectivity index (χ3v) is 16.4. The van der Waals surface area contributed by atoms with E-state index in [4.69, 9.17) is 0 Å². The summed E-state index contributed by atoms with van der Waals surface area (Å²) in [7, 11) is -1.44. The number of para-hydroxylation sites is 4. The summed E-state index contributed by atoms with van der Waals surface area (Å²) in [5, 5.41) is 38.9. The molecule has 2 aromatic heterocycles. The first-order valence-electron chi connectivity index (χ1n) is 26.3. The van der Waals surface area contributed by atoms with Gasteiger partial charge in [0.2, 0.25) is 0 Å². The van der Waals surface area contributed by atoms with Crippen LogP contribution in [0.4, 0.5) is 0 Å². The van der Waals surface area contributed by atoms with Crippen LogP contribution in [0.5, 0.6) is 0 Å². The molecule has 78 heavy (non-hydrogen) atoms. The van der Waals surface area contributed by atoms with Crippen LogP contribution in [-0.4, -0.2) is 26.3 Å². The van der Waals surface area contributed by atoms with Crippen molar-refractivity contribution in [3.05, 3.63) is 284 Å². The van der Waals surface area contributed by atoms with Crippen LogP contribution in [0.25, 0.3) is 131 Å². The molecule has 0 atom stereocenters. The molecule has 16 aromatic rings. The van der Waals surface area contributed by atoms with E-state index in [1.807, 2.05) is 36.4 Å². The molecule has 4 nitrogen and oxygen atoms in total. The summed E-state index contributed by atoms with van der Waals surface area (Å²) in [5.74, 6) is 0. The molecule has 16 rings (SSSR count). The van der Waals surface area contributed by atoms with Gasteiger partial charge in [0.05, 0.1) is 22.1 Å². The second-order valence-electron chi connectivity index (χ2n) is 19.9. The smallest absolute Gasteiger partial charge is 0.423 e. The normalized spacial score (nSPS) is 11.5. The van der Waals surface area contributed by atoms with Crippen LogP contribution in [0.2, 0.25) is 0 Å². The highest BCUT2D eigenvalue weighted by Crippen LogP contribution is 2.41. The van der Waals surface area contributed by atoms with Crippen molar-refractivity contribution in [3.63, 3.8) is 0 Å². The van der Waals surface area contributed by atoms with Crippen molar-refractivity contribution in [1.29, 1.82) is 0 Å². The summed E-state index contributed by atoms with van der Waals surface area (Å²) < 4.78 is 5.76. The topological polar surface area (TPSA) is 50.3 Å². The van der Waals surface area contributed by atoms with E-state index in [1.54, 1.807) is 12.1 Å². The van der Waals surface area contributed by atoms with Gasteiger partial charge in [-0.1, -0.05) is 218 Å². The SMILES string of the molecule is Brc1c2ccccc2cc2c1ccc1ccccc12.OB(O)c1ccc(-n2c3ccccc3c3ccccc32)cc1.c1ccc2c(-c3ccc(-n4c5ccccc5c5ccccc54)cc3)c3ccc4ccccc4c3cc2c1. The minimum Gasteiger partial charge on any atom is -0.423 e. The molecule has 2 heterocycles. The number of halogens is 1. The van der Waals surface area contributed by atoms with Gasteiger partial charge in [-0.2, -0.15) is 0 Å². The van der Waals surface area contributed by atoms with Crippen molar-refractivity contribution in [1.82, 2.24) is 9.13 Å². The van der Waals surface area contributed by atoms with E-state index in [9.17, 15) is 10.0 Å². The number of hydrogen-bond acceptors (Lipinski definition) is 2. The number of hydrogen-bond donors (Lipinski definition) is 2. The van der Waals surface area contributed by atoms with Crippen molar-refractivity contribution in [2.45, 2.75) is 0 Å². The largest absolute Gasteiger partial charge is 0.488 e. The Kier molecular flexibility index (Phi) is 11.9. The van der Waals surface area contributed by atoms with E-state index in [-0.39, 0.29) is 0 Å². The van der Waals surface area contributed by atoms with E-state index in [0.29, 0.717) is 5.46 Å². The van der Waals surface area contributed by atoms with Crippen molar-refractivity contribution >= 4 is 137 Å². The standard InChI is InChI=1S/C36H23N.C18H14BNO2.C18H11Br/c1-3-11-28-24(9-1)19-22-32-33(28)23-26-10-2-4-12-29(26)36(32)25-17-20-27(21-18-25)37-34-15-7-5-13-30(34)31-14-6-8-16-35(31)37;21-19(22)13-9-11-14(12-10-13)20-17-7-3-1-5-15(17)16-6-2-4-8-18(16)20;19-18-15-8-4-2-6-13(15)11-17-14-7-3-1-5-12(14)9-10-16(17)18/h1-23H;1-12,21-22H;1-11H. The first-order chi connectivity index (χ1) is 38.5. The predicted molar refractivity (Wildman–Crippen MR) is 336 cm³/mol. The maximum absolute atomic E-state index is 9.24. The second-order valence-corrected chi connectivity index (χ2v) is 20.7. The Hall–Kier alpha value is -9.30. The number of rotatable bonds is 4. The maximum Gasteiger partial charge on any atom is 0.488 e. The van der Waals surface area contributed by atoms with Gasteiger partial charge in [-0.15, -0.1) is 0 Å². The lowest BCUT2D eigenvalue weighted by atomic mass is 9.80. The van der Waals surface area contributed by atoms with Gasteiger partial charge in [0, 0.05) is 37.4 Å². The molecule has 0 spiro atoms. The molecule has 0 radical (unpaired) electrons. The molecule has 2 N–H and O–H groups in total. The van der Waals surface area contributed by atoms with Crippen LogP contribution in [0.15, 0.2) is 284 Å². The van der Waals surface area contributed by atoms with Crippen LogP contribution in [0, 0.1) is 0 Å². The Morgan fingerprint density at radius 2 is 0.615 bits per heavy atom. The Morgan fingerprint density at radius 3 is 1.08 bits per heavy atom. The molecule has 0 unspecified atom stereocenters. The van der Waals surface area contributed by atoms with Crippen molar-refractivity contribution in [2.75, 3.05) is 0 Å². The van der Waals surface area contributed by atoms with Crippen LogP contribution in [0.3, 0.4) is 0 Å². The predicted octanol–water partition coefficient (Wildman–Crippen LogP) is 18.3. The quantitative estimate of drug-likeness (QED) is 0.105. The average Bonchev–Trinajstić information content (AvgIpc) is 4.16. The molecule has 6 heteroatoms. The molecule has 0 aliphatic carbocycles. The highest BCUT2D eigenvalue weighted by molar-refractivity contribution is 9.10. The molecule has 0 fully saturated rings. The zero-order valence-electron chi connectivity index (χ0n) is 42.3. The van der Waals surface area contributed by atoms with Crippen molar-refractivity contribution < 1.29 is 10.0 Å². The molecule has 14 aromatic carbocycles. The summed E-state index contributed by atoms with van der Waals surface area (Å²) in [5.41, 5.74) is 9.95. The molecule has 0 aliphatic heterocycles. The minimum absolute atomic E-state index is 0.490. The Labute approximate surface area is 459 Å². The van der Waals surface area contributed by atoms with Gasteiger partial charge in [-0.25, -0.2) is 0 Å². The molecule has 0 bridgehead atoms. The summed E-state index contributed by atoms with van der Waals surface area (Å²) >= 11 is 3.77. The maximum atomic E-state index is 9.24. The van der Waals surface area contributed by atoms with E-state index < -0.39 is 7.12 Å². The van der Waals surface area contributed by atoms with Crippen molar-refractivity contribution in [2.24, 2.45) is 0 Å². The highest BCUT2D eigenvalue weighted by atomic mass is 79.9. The Balaban J connectivity index is 0.000000115. The molecule has 0 saturated carbocycles. The zero-order chi connectivity index (χ0) is 52.3. The monoisotopic (exact) mass is 1060 g/mol. The first-order valence-corrected chi connectivity index (χ1v) is 27.1. The molecule has 0 saturated heterocycles. The highest BCUT2D eigenvalue weighted by Gasteiger charge is 2.17.